The van der Waals surface area contributed by atoms with Crippen molar-refractivity contribution in [1.82, 2.24) is 0 Å². The van der Waals surface area contributed by atoms with Crippen LogP contribution in [0.3, 0.4) is 0 Å². The summed E-state index contributed by atoms with van der Waals surface area (Å²) in [6.07, 6.45) is 0. The minimum atomic E-state index is -0.559. The van der Waals surface area contributed by atoms with Crippen molar-refractivity contribution >= 4 is 34.8 Å². The molecule has 7 heteroatoms. The monoisotopic (exact) mass is 344 g/mol. The molecule has 0 fully saturated rings. The molecular weight excluding hydrogens is 332 g/mol. The highest BCUT2D eigenvalue weighted by Gasteiger charge is 2.38. The van der Waals surface area contributed by atoms with Gasteiger partial charge >= 0.3 is 0 Å². The van der Waals surface area contributed by atoms with Gasteiger partial charge in [-0.2, -0.15) is 0 Å². The summed E-state index contributed by atoms with van der Waals surface area (Å²) in [7, 11) is 0. The Morgan fingerprint density at radius 3 is 2.54 bits per heavy atom. The number of imide groups is 1. The van der Waals surface area contributed by atoms with E-state index in [-0.39, 0.29) is 11.4 Å². The summed E-state index contributed by atoms with van der Waals surface area (Å²) in [5.74, 6) is -1.49. The molecule has 2 aromatic carbocycles. The molecule has 24 heavy (non-hydrogen) atoms. The van der Waals surface area contributed by atoms with Crippen LogP contribution in [0.2, 0.25) is 5.02 Å². The van der Waals surface area contributed by atoms with Gasteiger partial charge in [-0.3, -0.25) is 19.7 Å². The van der Waals surface area contributed by atoms with Crippen molar-refractivity contribution in [3.8, 4) is 0 Å². The van der Waals surface area contributed by atoms with Gasteiger partial charge in [-0.15, -0.1) is 0 Å². The molecule has 0 radical (unpaired) electrons. The molecular formula is C17H13ClN2O4. The molecule has 0 aliphatic carbocycles. The van der Waals surface area contributed by atoms with E-state index in [9.17, 15) is 19.7 Å². The number of nitro groups is 1. The molecule has 0 saturated heterocycles. The molecule has 122 valence electrons. The van der Waals surface area contributed by atoms with E-state index in [1.807, 2.05) is 0 Å². The number of hydrogen-bond donors (Lipinski definition) is 0. The van der Waals surface area contributed by atoms with Crippen LogP contribution in [-0.2, 0) is 4.79 Å². The Bertz CT molecular complexity index is 894. The van der Waals surface area contributed by atoms with Crippen molar-refractivity contribution in [2.24, 2.45) is 0 Å². The molecule has 0 bridgehead atoms. The third-order valence-electron chi connectivity index (χ3n) is 4.15. The average molecular weight is 345 g/mol. The van der Waals surface area contributed by atoms with Crippen LogP contribution < -0.4 is 4.90 Å². The van der Waals surface area contributed by atoms with Gasteiger partial charge in [0.15, 0.2) is 0 Å². The zero-order chi connectivity index (χ0) is 17.6. The van der Waals surface area contributed by atoms with E-state index in [4.69, 9.17) is 11.6 Å². The number of carbonyl (C=O) groups is 2. The van der Waals surface area contributed by atoms with Gasteiger partial charge in [0.25, 0.3) is 11.6 Å². The number of amides is 2. The molecule has 0 spiro atoms. The number of nitrogens with zero attached hydrogens (tertiary/aromatic N) is 2. The van der Waals surface area contributed by atoms with Crippen molar-refractivity contribution in [2.75, 3.05) is 4.90 Å². The average Bonchev–Trinajstić information content (AvgIpc) is 2.54. The van der Waals surface area contributed by atoms with Crippen LogP contribution in [0, 0.1) is 17.0 Å². The van der Waals surface area contributed by atoms with E-state index in [1.54, 1.807) is 26.0 Å². The highest BCUT2D eigenvalue weighted by molar-refractivity contribution is 6.32. The number of non-ortho nitro benzene ring substituents is 1. The van der Waals surface area contributed by atoms with Crippen LogP contribution in [-0.4, -0.2) is 16.7 Å². The summed E-state index contributed by atoms with van der Waals surface area (Å²) >= 11 is 5.97. The highest BCUT2D eigenvalue weighted by atomic mass is 35.5. The van der Waals surface area contributed by atoms with Gasteiger partial charge in [-0.25, -0.2) is 4.90 Å². The number of nitro benzene ring substituents is 1. The zero-order valence-electron chi connectivity index (χ0n) is 12.9. The van der Waals surface area contributed by atoms with E-state index < -0.39 is 22.7 Å². The molecule has 1 aliphatic heterocycles. The van der Waals surface area contributed by atoms with Gasteiger partial charge in [0, 0.05) is 22.7 Å². The lowest BCUT2D eigenvalue weighted by atomic mass is 9.89. The Hall–Kier alpha value is -2.73. The summed E-state index contributed by atoms with van der Waals surface area (Å²) in [6.45, 7) is 3.39. The van der Waals surface area contributed by atoms with E-state index in [1.165, 1.54) is 24.3 Å². The van der Waals surface area contributed by atoms with Crippen LogP contribution in [0.25, 0.3) is 0 Å². The molecule has 1 heterocycles. The first-order valence-corrected chi connectivity index (χ1v) is 7.62. The lowest BCUT2D eigenvalue weighted by Crippen LogP contribution is -2.44. The molecule has 0 saturated carbocycles. The third kappa shape index (κ3) is 2.45. The SMILES string of the molecule is Cc1ccc([N+](=O)[O-])cc1N1C(=O)c2cc(Cl)ccc2C(C)C1=O. The molecule has 1 atom stereocenters. The fourth-order valence-corrected chi connectivity index (χ4v) is 2.99. The van der Waals surface area contributed by atoms with Crippen LogP contribution in [0.4, 0.5) is 11.4 Å². The van der Waals surface area contributed by atoms with Gasteiger partial charge in [0.2, 0.25) is 5.91 Å². The fraction of sp³-hybridized carbons (Fsp3) is 0.176. The highest BCUT2D eigenvalue weighted by Crippen LogP contribution is 2.36. The summed E-state index contributed by atoms with van der Waals surface area (Å²) in [4.78, 5) is 37.0. The largest absolute Gasteiger partial charge is 0.273 e. The quantitative estimate of drug-likeness (QED) is 0.471. The molecule has 0 N–H and O–H groups in total. The smallest absolute Gasteiger partial charge is 0.271 e. The van der Waals surface area contributed by atoms with E-state index in [0.29, 0.717) is 21.7 Å². The molecule has 2 aromatic rings. The van der Waals surface area contributed by atoms with Crippen LogP contribution in [0.15, 0.2) is 36.4 Å². The molecule has 6 nitrogen and oxygen atoms in total. The van der Waals surface area contributed by atoms with E-state index in [0.717, 1.165) is 4.90 Å². The van der Waals surface area contributed by atoms with Crippen molar-refractivity contribution in [3.63, 3.8) is 0 Å². The molecule has 0 aromatic heterocycles. The van der Waals surface area contributed by atoms with Gasteiger partial charge in [0.05, 0.1) is 16.5 Å². The summed E-state index contributed by atoms with van der Waals surface area (Å²) in [5.41, 5.74) is 1.58. The maximum absolute atomic E-state index is 12.8. The molecule has 1 unspecified atom stereocenters. The van der Waals surface area contributed by atoms with Crippen LogP contribution >= 0.6 is 11.6 Å². The van der Waals surface area contributed by atoms with Crippen molar-refractivity contribution in [2.45, 2.75) is 19.8 Å². The number of fused-ring (bicyclic) bond motifs is 1. The standard InChI is InChI=1S/C17H13ClN2O4/c1-9-3-5-12(20(23)24)8-15(9)19-16(21)10(2)13-6-4-11(18)7-14(13)17(19)22/h3-8,10H,1-2H3. The minimum absolute atomic E-state index is 0.180. The number of rotatable bonds is 2. The Balaban J connectivity index is 2.19. The van der Waals surface area contributed by atoms with Crippen molar-refractivity contribution in [3.05, 3.63) is 68.2 Å². The first-order chi connectivity index (χ1) is 11.3. The van der Waals surface area contributed by atoms with Gasteiger partial charge in [-0.1, -0.05) is 23.7 Å². The van der Waals surface area contributed by atoms with E-state index in [2.05, 4.69) is 0 Å². The fourth-order valence-electron chi connectivity index (χ4n) is 2.82. The van der Waals surface area contributed by atoms with Crippen LogP contribution in [0.5, 0.6) is 0 Å². The second kappa shape index (κ2) is 5.72. The van der Waals surface area contributed by atoms with E-state index >= 15 is 0 Å². The predicted molar refractivity (Wildman–Crippen MR) is 89.5 cm³/mol. The number of aryl methyl sites for hydroxylation is 1. The normalized spacial score (nSPS) is 17.0. The Kier molecular flexibility index (Phi) is 3.85. The van der Waals surface area contributed by atoms with Crippen molar-refractivity contribution in [1.29, 1.82) is 0 Å². The Morgan fingerprint density at radius 1 is 1.17 bits per heavy atom. The second-order valence-corrected chi connectivity index (χ2v) is 6.10. The van der Waals surface area contributed by atoms with Gasteiger partial charge in [-0.05, 0) is 37.1 Å². The maximum atomic E-state index is 12.8. The zero-order valence-corrected chi connectivity index (χ0v) is 13.7. The lowest BCUT2D eigenvalue weighted by molar-refractivity contribution is -0.384. The number of carbonyl (C=O) groups excluding carboxylic acids is 2. The first kappa shape index (κ1) is 16.1. The molecule has 2 amide bonds. The summed E-state index contributed by atoms with van der Waals surface area (Å²) in [5, 5.41) is 11.4. The van der Waals surface area contributed by atoms with Gasteiger partial charge < -0.3 is 0 Å². The minimum Gasteiger partial charge on any atom is -0.273 e. The number of halogens is 1. The third-order valence-corrected chi connectivity index (χ3v) is 4.39. The number of anilines is 1. The van der Waals surface area contributed by atoms with Gasteiger partial charge in [0.1, 0.15) is 0 Å². The predicted octanol–water partition coefficient (Wildman–Crippen LogP) is 3.85. The molecule has 3 rings (SSSR count). The van der Waals surface area contributed by atoms with Crippen molar-refractivity contribution < 1.29 is 14.5 Å². The topological polar surface area (TPSA) is 80.5 Å². The first-order valence-electron chi connectivity index (χ1n) is 7.24. The summed E-state index contributed by atoms with van der Waals surface area (Å²) < 4.78 is 0. The maximum Gasteiger partial charge on any atom is 0.271 e. The Labute approximate surface area is 142 Å². The second-order valence-electron chi connectivity index (χ2n) is 5.66. The summed E-state index contributed by atoms with van der Waals surface area (Å²) in [6, 6.07) is 8.91. The Morgan fingerprint density at radius 2 is 1.88 bits per heavy atom. The lowest BCUT2D eigenvalue weighted by Gasteiger charge is -2.31. The molecule has 1 aliphatic rings. The number of hydrogen-bond acceptors (Lipinski definition) is 4. The van der Waals surface area contributed by atoms with Crippen LogP contribution in [0.1, 0.15) is 34.3 Å². The number of benzene rings is 2.